The molecule has 1 heterocycles. The molecule has 2 aliphatic carbocycles. The van der Waals surface area contributed by atoms with Gasteiger partial charge in [-0.15, -0.1) is 0 Å². The minimum absolute atomic E-state index is 0.258. The van der Waals surface area contributed by atoms with Gasteiger partial charge in [-0.3, -0.25) is 0 Å². The first-order valence-electron chi connectivity index (χ1n) is 10.3. The second-order valence-electron chi connectivity index (χ2n) is 7.99. The van der Waals surface area contributed by atoms with Gasteiger partial charge in [-0.05, 0) is 30.6 Å². The van der Waals surface area contributed by atoms with Crippen molar-refractivity contribution in [1.82, 2.24) is 0 Å². The minimum atomic E-state index is -0.842. The largest absolute Gasteiger partial charge is 0.366 e. The molecule has 1 unspecified atom stereocenters. The monoisotopic (exact) mass is 390 g/mol. The normalized spacial score (nSPS) is 31.2. The molecule has 5 heteroatoms. The summed E-state index contributed by atoms with van der Waals surface area (Å²) >= 11 is 0. The zero-order valence-electron chi connectivity index (χ0n) is 16.3. The molecule has 1 saturated heterocycles. The van der Waals surface area contributed by atoms with Crippen LogP contribution in [-0.2, 0) is 14.2 Å². The maximum absolute atomic E-state index is 14.1. The predicted molar refractivity (Wildman–Crippen MR) is 104 cm³/mol. The number of halogens is 2. The fraction of sp³-hybridized carbons (Fsp3) is 0.565. The van der Waals surface area contributed by atoms with Crippen LogP contribution in [0.1, 0.15) is 44.6 Å². The Labute approximate surface area is 165 Å². The van der Waals surface area contributed by atoms with Crippen LogP contribution in [0.15, 0.2) is 36.4 Å². The highest BCUT2D eigenvalue weighted by Crippen LogP contribution is 2.39. The van der Waals surface area contributed by atoms with Crippen LogP contribution in [0.25, 0.3) is 5.57 Å². The van der Waals surface area contributed by atoms with Crippen LogP contribution < -0.4 is 0 Å². The lowest BCUT2D eigenvalue weighted by Gasteiger charge is -2.43. The summed E-state index contributed by atoms with van der Waals surface area (Å²) in [6, 6.07) is 4.23. The van der Waals surface area contributed by atoms with Crippen molar-refractivity contribution in [2.45, 2.75) is 50.9 Å². The molecule has 1 aliphatic heterocycles. The van der Waals surface area contributed by atoms with Crippen molar-refractivity contribution < 1.29 is 23.0 Å². The van der Waals surface area contributed by atoms with Gasteiger partial charge in [-0.2, -0.15) is 0 Å². The van der Waals surface area contributed by atoms with E-state index < -0.39 is 23.5 Å². The van der Waals surface area contributed by atoms with Crippen LogP contribution in [-0.4, -0.2) is 31.7 Å². The molecule has 0 amide bonds. The van der Waals surface area contributed by atoms with Crippen molar-refractivity contribution in [3.05, 3.63) is 53.6 Å². The van der Waals surface area contributed by atoms with Crippen LogP contribution in [0.3, 0.4) is 0 Å². The molecule has 0 spiro atoms. The predicted octanol–water partition coefficient (Wildman–Crippen LogP) is 5.26. The maximum atomic E-state index is 14.1. The number of rotatable bonds is 5. The van der Waals surface area contributed by atoms with Gasteiger partial charge in [0, 0.05) is 24.5 Å². The summed E-state index contributed by atoms with van der Waals surface area (Å²) in [5.74, 6) is -0.511. The van der Waals surface area contributed by atoms with Gasteiger partial charge in [0.25, 0.3) is 0 Å². The van der Waals surface area contributed by atoms with Gasteiger partial charge in [0.15, 0.2) is 17.9 Å². The van der Waals surface area contributed by atoms with Crippen molar-refractivity contribution in [2.75, 3.05) is 19.8 Å². The Kier molecular flexibility index (Phi) is 5.95. The first kappa shape index (κ1) is 19.7. The zero-order valence-corrected chi connectivity index (χ0v) is 16.3. The smallest absolute Gasteiger partial charge is 0.190 e. The second-order valence-corrected chi connectivity index (χ2v) is 7.99. The Balaban J connectivity index is 1.47. The van der Waals surface area contributed by atoms with E-state index in [-0.39, 0.29) is 5.56 Å². The second kappa shape index (κ2) is 8.44. The van der Waals surface area contributed by atoms with Gasteiger partial charge in [0.2, 0.25) is 0 Å². The van der Waals surface area contributed by atoms with Gasteiger partial charge in [-0.25, -0.2) is 8.78 Å². The van der Waals surface area contributed by atoms with Gasteiger partial charge >= 0.3 is 0 Å². The topological polar surface area (TPSA) is 27.7 Å². The number of hydrogen-bond acceptors (Lipinski definition) is 3. The molecular formula is C23H28F2O3. The van der Waals surface area contributed by atoms with Crippen molar-refractivity contribution in [3.8, 4) is 0 Å². The lowest BCUT2D eigenvalue weighted by atomic mass is 9.87. The van der Waals surface area contributed by atoms with E-state index in [4.69, 9.17) is 14.2 Å². The van der Waals surface area contributed by atoms with Crippen LogP contribution in [0.4, 0.5) is 8.78 Å². The van der Waals surface area contributed by atoms with Crippen molar-refractivity contribution >= 4 is 5.57 Å². The fourth-order valence-electron chi connectivity index (χ4n) is 4.68. The van der Waals surface area contributed by atoms with E-state index >= 15 is 0 Å². The number of allylic oxidation sites excluding steroid dienone is 2. The molecule has 3 nitrogen and oxygen atoms in total. The molecule has 1 aromatic rings. The Bertz CT molecular complexity index is 746. The highest BCUT2D eigenvalue weighted by Gasteiger charge is 2.43. The number of ether oxygens (including phenoxy) is 3. The van der Waals surface area contributed by atoms with Crippen molar-refractivity contribution in [1.29, 1.82) is 0 Å². The third-order valence-electron chi connectivity index (χ3n) is 6.25. The van der Waals surface area contributed by atoms with E-state index in [0.717, 1.165) is 6.07 Å². The molecular weight excluding hydrogens is 362 g/mol. The van der Waals surface area contributed by atoms with E-state index in [1.54, 1.807) is 12.1 Å². The number of hydrogen-bond donors (Lipinski definition) is 0. The van der Waals surface area contributed by atoms with Gasteiger partial charge in [-0.1, -0.05) is 50.0 Å². The summed E-state index contributed by atoms with van der Waals surface area (Å²) in [6.07, 6.45) is 10.7. The Morgan fingerprint density at radius 2 is 1.86 bits per heavy atom. The van der Waals surface area contributed by atoms with E-state index in [1.165, 1.54) is 31.7 Å². The molecule has 28 heavy (non-hydrogen) atoms. The van der Waals surface area contributed by atoms with E-state index in [2.05, 4.69) is 0 Å². The number of benzene rings is 1. The average Bonchev–Trinajstić information content (AvgIpc) is 3.26. The molecule has 3 aliphatic rings. The fourth-order valence-corrected chi connectivity index (χ4v) is 4.68. The molecule has 0 bridgehead atoms. The first-order chi connectivity index (χ1) is 13.6. The SMILES string of the molecule is CCOC1(C2OCC(C3CCCC3)CO2)C=CC(c2cccc(F)c2F)=CC1. The zero-order chi connectivity index (χ0) is 19.6. The molecule has 0 radical (unpaired) electrons. The first-order valence-corrected chi connectivity index (χ1v) is 10.3. The Morgan fingerprint density at radius 3 is 2.50 bits per heavy atom. The quantitative estimate of drug-likeness (QED) is 0.686. The van der Waals surface area contributed by atoms with Gasteiger partial charge in [0.05, 0.1) is 13.2 Å². The molecule has 0 N–H and O–H groups in total. The van der Waals surface area contributed by atoms with Crippen LogP contribution >= 0.6 is 0 Å². The van der Waals surface area contributed by atoms with Crippen molar-refractivity contribution in [2.24, 2.45) is 11.8 Å². The minimum Gasteiger partial charge on any atom is -0.366 e. The summed E-state index contributed by atoms with van der Waals surface area (Å²) in [5.41, 5.74) is 0.169. The molecule has 1 aromatic carbocycles. The maximum Gasteiger partial charge on any atom is 0.190 e. The summed E-state index contributed by atoms with van der Waals surface area (Å²) in [7, 11) is 0. The molecule has 152 valence electrons. The van der Waals surface area contributed by atoms with Crippen LogP contribution in [0, 0.1) is 23.5 Å². The molecule has 2 fully saturated rings. The molecule has 1 saturated carbocycles. The van der Waals surface area contributed by atoms with Crippen molar-refractivity contribution in [3.63, 3.8) is 0 Å². The lowest BCUT2D eigenvalue weighted by molar-refractivity contribution is -0.276. The average molecular weight is 390 g/mol. The summed E-state index contributed by atoms with van der Waals surface area (Å²) in [4.78, 5) is 0. The van der Waals surface area contributed by atoms with Crippen LogP contribution in [0.5, 0.6) is 0 Å². The summed E-state index contributed by atoms with van der Waals surface area (Å²) < 4.78 is 46.0. The lowest BCUT2D eigenvalue weighted by Crippen LogP contribution is -2.51. The summed E-state index contributed by atoms with van der Waals surface area (Å²) in [5, 5.41) is 0. The van der Waals surface area contributed by atoms with Gasteiger partial charge in [0.1, 0.15) is 5.60 Å². The highest BCUT2D eigenvalue weighted by molar-refractivity contribution is 5.75. The third kappa shape index (κ3) is 3.80. The standard InChI is InChI=1S/C23H28F2O3/c1-2-28-23(22-26-14-18(15-27-22)16-6-3-4-7-16)12-10-17(11-13-23)19-8-5-9-20(24)21(19)25/h5,8-12,16,18,22H,2-4,6-7,13-15H2,1H3. The van der Waals surface area contributed by atoms with E-state index in [9.17, 15) is 8.78 Å². The van der Waals surface area contributed by atoms with Gasteiger partial charge < -0.3 is 14.2 Å². The molecule has 1 atom stereocenters. The highest BCUT2D eigenvalue weighted by atomic mass is 19.2. The molecule has 0 aromatic heterocycles. The summed E-state index contributed by atoms with van der Waals surface area (Å²) in [6.45, 7) is 3.82. The molecule has 4 rings (SSSR count). The van der Waals surface area contributed by atoms with E-state index in [1.807, 2.05) is 19.1 Å². The third-order valence-corrected chi connectivity index (χ3v) is 6.25. The van der Waals surface area contributed by atoms with Crippen LogP contribution in [0.2, 0.25) is 0 Å². The van der Waals surface area contributed by atoms with E-state index in [0.29, 0.717) is 43.7 Å². The Morgan fingerprint density at radius 1 is 1.11 bits per heavy atom. The Hall–Kier alpha value is -1.56.